The predicted molar refractivity (Wildman–Crippen MR) is 48.4 cm³/mol. The maximum Gasteiger partial charge on any atom is 0.235 e. The highest BCUT2D eigenvalue weighted by Crippen LogP contribution is 2.20. The summed E-state index contributed by atoms with van der Waals surface area (Å²) in [5, 5.41) is 0. The molecule has 1 atom stereocenters. The van der Waals surface area contributed by atoms with Crippen molar-refractivity contribution in [2.45, 2.75) is 25.8 Å². The van der Waals surface area contributed by atoms with Crippen LogP contribution in [0.4, 0.5) is 0 Å². The molecule has 0 aromatic carbocycles. The SMILES string of the molecule is CCS(=O)(=O)N1CCC[C@H]1C(N)=O. The van der Waals surface area contributed by atoms with Gasteiger partial charge in [0.25, 0.3) is 0 Å². The first kappa shape index (κ1) is 10.5. The number of sulfonamides is 1. The molecule has 5 nitrogen and oxygen atoms in total. The Hall–Kier alpha value is -0.620. The van der Waals surface area contributed by atoms with Gasteiger partial charge in [-0.15, -0.1) is 0 Å². The van der Waals surface area contributed by atoms with E-state index < -0.39 is 22.0 Å². The molecule has 0 bridgehead atoms. The summed E-state index contributed by atoms with van der Waals surface area (Å²) >= 11 is 0. The van der Waals surface area contributed by atoms with Gasteiger partial charge in [0.05, 0.1) is 5.75 Å². The Morgan fingerprint density at radius 1 is 1.62 bits per heavy atom. The fraction of sp³-hybridized carbons (Fsp3) is 0.857. The summed E-state index contributed by atoms with van der Waals surface area (Å²) < 4.78 is 24.1. The molecule has 0 radical (unpaired) electrons. The third-order valence-corrected chi connectivity index (χ3v) is 4.14. The van der Waals surface area contributed by atoms with Crippen molar-refractivity contribution < 1.29 is 13.2 Å². The zero-order valence-corrected chi connectivity index (χ0v) is 8.38. The van der Waals surface area contributed by atoms with Crippen LogP contribution in [-0.2, 0) is 14.8 Å². The minimum absolute atomic E-state index is 0.0246. The van der Waals surface area contributed by atoms with Gasteiger partial charge in [0, 0.05) is 6.54 Å². The quantitative estimate of drug-likeness (QED) is 0.662. The molecule has 6 heteroatoms. The van der Waals surface area contributed by atoms with Gasteiger partial charge in [0.2, 0.25) is 15.9 Å². The molecule has 1 rings (SSSR count). The molecular weight excluding hydrogens is 192 g/mol. The zero-order chi connectivity index (χ0) is 10.1. The Balaban J connectivity index is 2.86. The number of hydrogen-bond acceptors (Lipinski definition) is 3. The number of rotatable bonds is 3. The van der Waals surface area contributed by atoms with Crippen molar-refractivity contribution in [3.8, 4) is 0 Å². The van der Waals surface area contributed by atoms with Crippen molar-refractivity contribution in [2.24, 2.45) is 5.73 Å². The van der Waals surface area contributed by atoms with Crippen molar-refractivity contribution in [2.75, 3.05) is 12.3 Å². The highest BCUT2D eigenvalue weighted by atomic mass is 32.2. The van der Waals surface area contributed by atoms with E-state index in [0.29, 0.717) is 19.4 Å². The van der Waals surface area contributed by atoms with E-state index in [1.54, 1.807) is 6.92 Å². The van der Waals surface area contributed by atoms with Gasteiger partial charge in [-0.25, -0.2) is 8.42 Å². The number of nitrogens with two attached hydrogens (primary N) is 1. The molecule has 0 unspecified atom stereocenters. The summed E-state index contributed by atoms with van der Waals surface area (Å²) in [5.41, 5.74) is 5.09. The minimum atomic E-state index is -3.26. The normalized spacial score (nSPS) is 24.8. The molecule has 1 aliphatic rings. The van der Waals surface area contributed by atoms with E-state index in [2.05, 4.69) is 0 Å². The molecule has 0 aliphatic carbocycles. The van der Waals surface area contributed by atoms with Gasteiger partial charge in [-0.2, -0.15) is 4.31 Å². The van der Waals surface area contributed by atoms with E-state index >= 15 is 0 Å². The first-order chi connectivity index (χ1) is 5.99. The van der Waals surface area contributed by atoms with E-state index in [4.69, 9.17) is 5.73 Å². The summed E-state index contributed by atoms with van der Waals surface area (Å²) in [6.07, 6.45) is 1.27. The molecule has 1 saturated heterocycles. The molecule has 0 saturated carbocycles. The lowest BCUT2D eigenvalue weighted by atomic mass is 10.2. The van der Waals surface area contributed by atoms with E-state index in [1.807, 2.05) is 0 Å². The fourth-order valence-electron chi connectivity index (χ4n) is 1.52. The van der Waals surface area contributed by atoms with Crippen molar-refractivity contribution in [1.29, 1.82) is 0 Å². The molecule has 0 spiro atoms. The van der Waals surface area contributed by atoms with Gasteiger partial charge in [-0.3, -0.25) is 4.79 Å². The Morgan fingerprint density at radius 3 is 2.69 bits per heavy atom. The van der Waals surface area contributed by atoms with Gasteiger partial charge in [-0.05, 0) is 19.8 Å². The maximum atomic E-state index is 11.4. The smallest absolute Gasteiger partial charge is 0.235 e. The lowest BCUT2D eigenvalue weighted by molar-refractivity contribution is -0.121. The highest BCUT2D eigenvalue weighted by Gasteiger charge is 2.36. The second kappa shape index (κ2) is 3.63. The van der Waals surface area contributed by atoms with Crippen LogP contribution in [-0.4, -0.2) is 37.0 Å². The van der Waals surface area contributed by atoms with E-state index in [1.165, 1.54) is 4.31 Å². The van der Waals surface area contributed by atoms with Gasteiger partial charge in [0.15, 0.2) is 0 Å². The van der Waals surface area contributed by atoms with Crippen LogP contribution in [0.1, 0.15) is 19.8 Å². The Labute approximate surface area is 77.9 Å². The van der Waals surface area contributed by atoms with Crippen LogP contribution in [0.3, 0.4) is 0 Å². The highest BCUT2D eigenvalue weighted by molar-refractivity contribution is 7.89. The van der Waals surface area contributed by atoms with Crippen molar-refractivity contribution in [3.05, 3.63) is 0 Å². The number of carbonyl (C=O) groups is 1. The predicted octanol–water partition coefficient (Wildman–Crippen LogP) is -0.714. The summed E-state index contributed by atoms with van der Waals surface area (Å²) in [6, 6.07) is -0.620. The summed E-state index contributed by atoms with van der Waals surface area (Å²) in [5.74, 6) is -0.522. The number of hydrogen-bond donors (Lipinski definition) is 1. The Morgan fingerprint density at radius 2 is 2.23 bits per heavy atom. The second-order valence-electron chi connectivity index (χ2n) is 3.07. The maximum absolute atomic E-state index is 11.4. The lowest BCUT2D eigenvalue weighted by Crippen LogP contribution is -2.44. The van der Waals surface area contributed by atoms with Crippen LogP contribution in [0, 0.1) is 0 Å². The number of nitrogens with zero attached hydrogens (tertiary/aromatic N) is 1. The van der Waals surface area contributed by atoms with E-state index in [-0.39, 0.29) is 5.75 Å². The van der Waals surface area contributed by atoms with Crippen LogP contribution in [0.2, 0.25) is 0 Å². The van der Waals surface area contributed by atoms with Crippen molar-refractivity contribution in [3.63, 3.8) is 0 Å². The standard InChI is InChI=1S/C7H14N2O3S/c1-2-13(11,12)9-5-3-4-6(9)7(8)10/h6H,2-5H2,1H3,(H2,8,10)/t6-/m0/s1. The first-order valence-electron chi connectivity index (χ1n) is 4.28. The van der Waals surface area contributed by atoms with Crippen LogP contribution < -0.4 is 5.73 Å². The molecule has 1 amide bonds. The molecule has 1 heterocycles. The van der Waals surface area contributed by atoms with Gasteiger partial charge < -0.3 is 5.73 Å². The largest absolute Gasteiger partial charge is 0.368 e. The fourth-order valence-corrected chi connectivity index (χ4v) is 2.86. The van der Waals surface area contributed by atoms with Crippen LogP contribution >= 0.6 is 0 Å². The average molecular weight is 206 g/mol. The van der Waals surface area contributed by atoms with Gasteiger partial charge in [0.1, 0.15) is 6.04 Å². The third-order valence-electron chi connectivity index (χ3n) is 2.25. The van der Waals surface area contributed by atoms with Crippen molar-refractivity contribution >= 4 is 15.9 Å². The summed E-state index contributed by atoms with van der Waals surface area (Å²) in [4.78, 5) is 10.9. The molecule has 0 aromatic rings. The Bertz CT molecular complexity index is 299. The minimum Gasteiger partial charge on any atom is -0.368 e. The number of primary amides is 1. The molecule has 76 valence electrons. The number of carbonyl (C=O) groups excluding carboxylic acids is 1. The van der Waals surface area contributed by atoms with Gasteiger partial charge >= 0.3 is 0 Å². The molecule has 13 heavy (non-hydrogen) atoms. The van der Waals surface area contributed by atoms with Crippen LogP contribution in [0.5, 0.6) is 0 Å². The topological polar surface area (TPSA) is 80.5 Å². The average Bonchev–Trinajstić information content (AvgIpc) is 2.52. The Kier molecular flexibility index (Phi) is 2.92. The summed E-state index contributed by atoms with van der Waals surface area (Å²) in [6.45, 7) is 1.98. The molecular formula is C7H14N2O3S. The molecule has 1 fully saturated rings. The third kappa shape index (κ3) is 2.00. The lowest BCUT2D eigenvalue weighted by Gasteiger charge is -2.20. The van der Waals surface area contributed by atoms with Crippen molar-refractivity contribution in [1.82, 2.24) is 4.31 Å². The second-order valence-corrected chi connectivity index (χ2v) is 5.28. The van der Waals surface area contributed by atoms with Crippen LogP contribution in [0.15, 0.2) is 0 Å². The number of amides is 1. The summed E-state index contributed by atoms with van der Waals surface area (Å²) in [7, 11) is -3.26. The zero-order valence-electron chi connectivity index (χ0n) is 7.56. The molecule has 0 aromatic heterocycles. The van der Waals surface area contributed by atoms with E-state index in [9.17, 15) is 13.2 Å². The van der Waals surface area contributed by atoms with Crippen LogP contribution in [0.25, 0.3) is 0 Å². The monoisotopic (exact) mass is 206 g/mol. The van der Waals surface area contributed by atoms with Gasteiger partial charge in [-0.1, -0.05) is 0 Å². The van der Waals surface area contributed by atoms with E-state index in [0.717, 1.165) is 0 Å². The molecule has 1 aliphatic heterocycles. The first-order valence-corrected chi connectivity index (χ1v) is 5.89. The molecule has 2 N–H and O–H groups in total.